The molecule has 1 heterocycles. The molecule has 1 aliphatic heterocycles. The van der Waals surface area contributed by atoms with Crippen molar-refractivity contribution in [3.8, 4) is 0 Å². The Bertz CT molecular complexity index is 930. The van der Waals surface area contributed by atoms with Crippen LogP contribution in [0.4, 0.5) is 23.7 Å². The second-order valence-electron chi connectivity index (χ2n) is 6.22. The minimum absolute atomic E-state index is 0.00388. The molecule has 2 amide bonds. The Hall–Kier alpha value is -2.55. The van der Waals surface area contributed by atoms with Crippen LogP contribution in [0.5, 0.6) is 0 Å². The molecule has 1 atom stereocenters. The highest BCUT2D eigenvalue weighted by molar-refractivity contribution is 7.92. The molecule has 144 valence electrons. The van der Waals surface area contributed by atoms with Gasteiger partial charge < -0.3 is 10.2 Å². The van der Waals surface area contributed by atoms with Gasteiger partial charge in [-0.15, -0.1) is 0 Å². The Morgan fingerprint density at radius 2 is 1.78 bits per heavy atom. The molecule has 2 aromatic carbocycles. The number of rotatable bonds is 3. The van der Waals surface area contributed by atoms with Gasteiger partial charge >= 0.3 is 12.2 Å². The number of sulfone groups is 1. The lowest BCUT2D eigenvalue weighted by molar-refractivity contribution is -0.137. The summed E-state index contributed by atoms with van der Waals surface area (Å²) in [6.45, 7) is 0.198. The average Bonchev–Trinajstić information content (AvgIpc) is 3.13. The molecule has 1 fully saturated rings. The monoisotopic (exact) mass is 398 g/mol. The van der Waals surface area contributed by atoms with Gasteiger partial charge in [-0.2, -0.15) is 13.2 Å². The van der Waals surface area contributed by atoms with Crippen LogP contribution in [0.25, 0.3) is 0 Å². The molecule has 0 spiro atoms. The van der Waals surface area contributed by atoms with Gasteiger partial charge in [0.25, 0.3) is 0 Å². The van der Waals surface area contributed by atoms with Crippen molar-refractivity contribution in [3.05, 3.63) is 60.2 Å². The number of amides is 2. The van der Waals surface area contributed by atoms with Gasteiger partial charge in [-0.25, -0.2) is 13.2 Å². The fourth-order valence-corrected chi connectivity index (χ4v) is 4.66. The van der Waals surface area contributed by atoms with Crippen LogP contribution in [0.3, 0.4) is 0 Å². The number of hydrogen-bond donors (Lipinski definition) is 1. The zero-order valence-corrected chi connectivity index (χ0v) is 14.9. The third-order valence-electron chi connectivity index (χ3n) is 4.38. The predicted octanol–water partition coefficient (Wildman–Crippen LogP) is 3.79. The van der Waals surface area contributed by atoms with Gasteiger partial charge in [-0.3, -0.25) is 0 Å². The Labute approximate surface area is 154 Å². The van der Waals surface area contributed by atoms with Gasteiger partial charge in [0.1, 0.15) is 0 Å². The van der Waals surface area contributed by atoms with Crippen molar-refractivity contribution < 1.29 is 26.4 Å². The molecule has 3 rings (SSSR count). The molecule has 1 saturated heterocycles. The lowest BCUT2D eigenvalue weighted by Gasteiger charge is -2.18. The zero-order valence-electron chi connectivity index (χ0n) is 14.1. The molecule has 1 N–H and O–H groups in total. The first-order valence-electron chi connectivity index (χ1n) is 8.20. The maximum absolute atomic E-state index is 12.8. The molecular weight excluding hydrogens is 381 g/mol. The highest BCUT2D eigenvalue weighted by atomic mass is 32.2. The molecule has 27 heavy (non-hydrogen) atoms. The van der Waals surface area contributed by atoms with Crippen LogP contribution in [-0.2, 0) is 16.0 Å². The molecule has 0 unspecified atom stereocenters. The van der Waals surface area contributed by atoms with Crippen LogP contribution in [0.1, 0.15) is 12.0 Å². The fraction of sp³-hybridized carbons (Fsp3) is 0.278. The van der Waals surface area contributed by atoms with Crippen molar-refractivity contribution in [1.82, 2.24) is 4.90 Å². The summed E-state index contributed by atoms with van der Waals surface area (Å²) in [4.78, 5) is 13.8. The third-order valence-corrected chi connectivity index (χ3v) is 6.58. The van der Waals surface area contributed by atoms with E-state index in [1.54, 1.807) is 18.2 Å². The number of hydrogen-bond acceptors (Lipinski definition) is 3. The second-order valence-corrected chi connectivity index (χ2v) is 8.45. The predicted molar refractivity (Wildman–Crippen MR) is 94.1 cm³/mol. The summed E-state index contributed by atoms with van der Waals surface area (Å²) in [5.74, 6) is 0. The summed E-state index contributed by atoms with van der Waals surface area (Å²) in [5.41, 5.74) is -0.865. The standard InChI is InChI=1S/C18H17F3N2O3S/c19-18(20,21)13-5-4-6-14(11-13)22-17(24)23-10-9-16(12-23)27(25,26)15-7-2-1-3-8-15/h1-8,11,16H,9-10,12H2,(H,22,24)/t16-/m0/s1. The Morgan fingerprint density at radius 1 is 1.07 bits per heavy atom. The Kier molecular flexibility index (Phi) is 5.14. The summed E-state index contributed by atoms with van der Waals surface area (Å²) in [5, 5.41) is 1.66. The smallest absolute Gasteiger partial charge is 0.323 e. The molecule has 0 saturated carbocycles. The molecule has 2 aromatic rings. The number of urea groups is 1. The minimum atomic E-state index is -4.51. The van der Waals surface area contributed by atoms with Crippen molar-refractivity contribution in [2.45, 2.75) is 22.7 Å². The highest BCUT2D eigenvalue weighted by Crippen LogP contribution is 2.31. The number of nitrogens with one attached hydrogen (secondary N) is 1. The van der Waals surface area contributed by atoms with E-state index in [1.807, 2.05) is 0 Å². The first kappa shape index (κ1) is 19.2. The van der Waals surface area contributed by atoms with Crippen LogP contribution >= 0.6 is 0 Å². The van der Waals surface area contributed by atoms with Crippen LogP contribution < -0.4 is 5.32 Å². The van der Waals surface area contributed by atoms with E-state index >= 15 is 0 Å². The van der Waals surface area contributed by atoms with Crippen LogP contribution in [0.2, 0.25) is 0 Å². The SMILES string of the molecule is O=C(Nc1cccc(C(F)(F)F)c1)N1CC[C@H](S(=O)(=O)c2ccccc2)C1. The number of nitrogens with zero attached hydrogens (tertiary/aromatic N) is 1. The van der Waals surface area contributed by atoms with E-state index in [2.05, 4.69) is 5.32 Å². The number of alkyl halides is 3. The highest BCUT2D eigenvalue weighted by Gasteiger charge is 2.36. The maximum Gasteiger partial charge on any atom is 0.416 e. The number of likely N-dealkylation sites (tertiary alicyclic amines) is 1. The molecular formula is C18H17F3N2O3S. The van der Waals surface area contributed by atoms with E-state index in [4.69, 9.17) is 0 Å². The average molecular weight is 398 g/mol. The number of carbonyl (C=O) groups excluding carboxylic acids is 1. The summed E-state index contributed by atoms with van der Waals surface area (Å²) in [7, 11) is -3.57. The molecule has 0 radical (unpaired) electrons. The van der Waals surface area contributed by atoms with Gasteiger partial charge in [0, 0.05) is 18.8 Å². The zero-order chi connectivity index (χ0) is 19.7. The molecule has 5 nitrogen and oxygen atoms in total. The molecule has 0 aromatic heterocycles. The Morgan fingerprint density at radius 3 is 2.44 bits per heavy atom. The van der Waals surface area contributed by atoms with Crippen molar-refractivity contribution in [2.24, 2.45) is 0 Å². The lowest BCUT2D eigenvalue weighted by atomic mass is 10.2. The van der Waals surface area contributed by atoms with Crippen molar-refractivity contribution in [2.75, 3.05) is 18.4 Å². The van der Waals surface area contributed by atoms with Crippen molar-refractivity contribution in [3.63, 3.8) is 0 Å². The van der Waals surface area contributed by atoms with Gasteiger partial charge in [0.05, 0.1) is 15.7 Å². The Balaban J connectivity index is 1.68. The molecule has 9 heteroatoms. The number of halogens is 3. The summed E-state index contributed by atoms with van der Waals surface area (Å²) >= 11 is 0. The minimum Gasteiger partial charge on any atom is -0.323 e. The summed E-state index contributed by atoms with van der Waals surface area (Å²) in [6.07, 6.45) is -4.24. The first-order valence-corrected chi connectivity index (χ1v) is 9.75. The number of anilines is 1. The summed E-state index contributed by atoms with van der Waals surface area (Å²) in [6, 6.07) is 11.6. The van der Waals surface area contributed by atoms with E-state index in [-0.39, 0.29) is 30.1 Å². The van der Waals surface area contributed by atoms with Gasteiger partial charge in [-0.05, 0) is 36.8 Å². The summed E-state index contributed by atoms with van der Waals surface area (Å²) < 4.78 is 63.5. The molecule has 1 aliphatic rings. The quantitative estimate of drug-likeness (QED) is 0.856. The topological polar surface area (TPSA) is 66.5 Å². The first-order chi connectivity index (χ1) is 12.7. The van der Waals surface area contributed by atoms with E-state index in [0.717, 1.165) is 12.1 Å². The van der Waals surface area contributed by atoms with Gasteiger partial charge in [0.2, 0.25) is 0 Å². The number of carbonyl (C=O) groups is 1. The van der Waals surface area contributed by atoms with Crippen LogP contribution in [0, 0.1) is 0 Å². The van der Waals surface area contributed by atoms with E-state index in [0.29, 0.717) is 0 Å². The van der Waals surface area contributed by atoms with Gasteiger partial charge in [0.15, 0.2) is 9.84 Å². The van der Waals surface area contributed by atoms with Crippen LogP contribution in [0.15, 0.2) is 59.5 Å². The van der Waals surface area contributed by atoms with Crippen molar-refractivity contribution in [1.29, 1.82) is 0 Å². The normalized spacial score (nSPS) is 17.7. The number of benzene rings is 2. The largest absolute Gasteiger partial charge is 0.416 e. The van der Waals surface area contributed by atoms with Crippen LogP contribution in [-0.4, -0.2) is 37.7 Å². The van der Waals surface area contributed by atoms with E-state index < -0.39 is 32.9 Å². The molecule has 0 aliphatic carbocycles. The van der Waals surface area contributed by atoms with Crippen molar-refractivity contribution >= 4 is 21.6 Å². The van der Waals surface area contributed by atoms with E-state index in [9.17, 15) is 26.4 Å². The second kappa shape index (κ2) is 7.22. The maximum atomic E-state index is 12.8. The third kappa shape index (κ3) is 4.24. The lowest BCUT2D eigenvalue weighted by Crippen LogP contribution is -2.35. The fourth-order valence-electron chi connectivity index (χ4n) is 2.94. The molecule has 0 bridgehead atoms. The van der Waals surface area contributed by atoms with Gasteiger partial charge in [-0.1, -0.05) is 24.3 Å². The van der Waals surface area contributed by atoms with E-state index in [1.165, 1.54) is 29.2 Å².